The van der Waals surface area contributed by atoms with E-state index in [9.17, 15) is 0 Å². The van der Waals surface area contributed by atoms with Gasteiger partial charge in [-0.25, -0.2) is 0 Å². The van der Waals surface area contributed by atoms with Gasteiger partial charge in [0.15, 0.2) is 0 Å². The van der Waals surface area contributed by atoms with Crippen LogP contribution in [0, 0.1) is 0 Å². The van der Waals surface area contributed by atoms with E-state index in [2.05, 4.69) is 64.4 Å². The molecule has 104 valence electrons. The van der Waals surface area contributed by atoms with Crippen LogP contribution in [0.2, 0.25) is 0 Å². The van der Waals surface area contributed by atoms with Crippen molar-refractivity contribution >= 4 is 11.0 Å². The van der Waals surface area contributed by atoms with Crippen molar-refractivity contribution in [2.45, 2.75) is 12.5 Å². The predicted molar refractivity (Wildman–Crippen MR) is 84.2 cm³/mol. The summed E-state index contributed by atoms with van der Waals surface area (Å²) >= 11 is 0. The summed E-state index contributed by atoms with van der Waals surface area (Å²) in [6.45, 7) is 2.07. The first kappa shape index (κ1) is 12.5. The molecule has 4 rings (SSSR count). The molecule has 0 fully saturated rings. The van der Waals surface area contributed by atoms with Crippen molar-refractivity contribution in [2.75, 3.05) is 13.6 Å². The lowest BCUT2D eigenvalue weighted by Gasteiger charge is -2.32. The highest BCUT2D eigenvalue weighted by Gasteiger charge is 2.24. The minimum Gasteiger partial charge on any atom is -0.301 e. The predicted octanol–water partition coefficient (Wildman–Crippen LogP) is 3.21. The number of benzene rings is 2. The molecule has 0 radical (unpaired) electrons. The van der Waals surface area contributed by atoms with Gasteiger partial charge in [0, 0.05) is 31.4 Å². The molecule has 0 spiro atoms. The molecule has 21 heavy (non-hydrogen) atoms. The first-order valence-electron chi connectivity index (χ1n) is 7.28. The van der Waals surface area contributed by atoms with Crippen molar-refractivity contribution in [1.29, 1.82) is 0 Å². The van der Waals surface area contributed by atoms with Crippen LogP contribution in [0.25, 0.3) is 11.0 Å². The average Bonchev–Trinajstić information content (AvgIpc) is 2.53. The average molecular weight is 275 g/mol. The molecule has 3 heteroatoms. The third-order valence-electron chi connectivity index (χ3n) is 4.26. The van der Waals surface area contributed by atoms with Gasteiger partial charge in [0.1, 0.15) is 0 Å². The highest BCUT2D eigenvalue weighted by Crippen LogP contribution is 2.33. The molecule has 2 aromatic carbocycles. The third-order valence-corrected chi connectivity index (χ3v) is 4.26. The highest BCUT2D eigenvalue weighted by atomic mass is 15.1. The van der Waals surface area contributed by atoms with Crippen LogP contribution in [0.15, 0.2) is 54.9 Å². The van der Waals surface area contributed by atoms with Crippen LogP contribution >= 0.6 is 0 Å². The number of nitrogens with zero attached hydrogens (tertiary/aromatic N) is 3. The van der Waals surface area contributed by atoms with Crippen molar-refractivity contribution < 1.29 is 0 Å². The van der Waals surface area contributed by atoms with Crippen LogP contribution < -0.4 is 0 Å². The maximum absolute atomic E-state index is 4.44. The van der Waals surface area contributed by atoms with Crippen LogP contribution in [0.3, 0.4) is 0 Å². The molecule has 1 atom stereocenters. The molecular weight excluding hydrogens is 258 g/mol. The van der Waals surface area contributed by atoms with E-state index in [0.29, 0.717) is 5.92 Å². The Morgan fingerprint density at radius 1 is 1.00 bits per heavy atom. The number of fused-ring (bicyclic) bond motifs is 2. The zero-order valence-electron chi connectivity index (χ0n) is 12.0. The van der Waals surface area contributed by atoms with Gasteiger partial charge in [0.25, 0.3) is 0 Å². The van der Waals surface area contributed by atoms with E-state index in [1.807, 2.05) is 0 Å². The van der Waals surface area contributed by atoms with E-state index in [0.717, 1.165) is 24.1 Å². The Labute approximate surface area is 124 Å². The van der Waals surface area contributed by atoms with Gasteiger partial charge >= 0.3 is 0 Å². The minimum absolute atomic E-state index is 0.409. The van der Waals surface area contributed by atoms with Crippen molar-refractivity contribution in [3.8, 4) is 0 Å². The maximum Gasteiger partial charge on any atom is 0.0889 e. The fourth-order valence-corrected chi connectivity index (χ4v) is 3.27. The van der Waals surface area contributed by atoms with E-state index >= 15 is 0 Å². The Bertz CT molecular complexity index is 797. The van der Waals surface area contributed by atoms with E-state index in [4.69, 9.17) is 0 Å². The number of hydrogen-bond acceptors (Lipinski definition) is 3. The summed E-state index contributed by atoms with van der Waals surface area (Å²) in [4.78, 5) is 11.2. The Morgan fingerprint density at radius 3 is 2.71 bits per heavy atom. The fourth-order valence-electron chi connectivity index (χ4n) is 3.27. The normalized spacial score (nSPS) is 18.6. The smallest absolute Gasteiger partial charge is 0.0889 e. The SMILES string of the molecule is CN1Cc2ccccc2[C@@H](c2ccc3nccnc3c2)C1. The zero-order chi connectivity index (χ0) is 14.2. The number of likely N-dealkylation sites (N-methyl/N-ethyl adjacent to an activating group) is 1. The quantitative estimate of drug-likeness (QED) is 0.683. The monoisotopic (exact) mass is 275 g/mol. The summed E-state index contributed by atoms with van der Waals surface area (Å²) in [6.07, 6.45) is 3.50. The lowest BCUT2D eigenvalue weighted by atomic mass is 9.85. The van der Waals surface area contributed by atoms with Crippen molar-refractivity contribution in [1.82, 2.24) is 14.9 Å². The fraction of sp³-hybridized carbons (Fsp3) is 0.222. The minimum atomic E-state index is 0.409. The van der Waals surface area contributed by atoms with Gasteiger partial charge in [-0.3, -0.25) is 9.97 Å². The van der Waals surface area contributed by atoms with Gasteiger partial charge in [-0.15, -0.1) is 0 Å². The maximum atomic E-state index is 4.44. The van der Waals surface area contributed by atoms with Crippen molar-refractivity contribution in [3.63, 3.8) is 0 Å². The molecular formula is C18H17N3. The third kappa shape index (κ3) is 2.20. The summed E-state index contributed by atoms with van der Waals surface area (Å²) in [6, 6.07) is 15.2. The highest BCUT2D eigenvalue weighted by molar-refractivity contribution is 5.74. The number of aromatic nitrogens is 2. The Morgan fingerprint density at radius 2 is 1.81 bits per heavy atom. The summed E-state index contributed by atoms with van der Waals surface area (Å²) in [5, 5.41) is 0. The van der Waals surface area contributed by atoms with E-state index in [1.54, 1.807) is 12.4 Å². The van der Waals surface area contributed by atoms with Crippen molar-refractivity contribution in [2.24, 2.45) is 0 Å². The second kappa shape index (κ2) is 4.93. The first-order chi connectivity index (χ1) is 10.3. The van der Waals surface area contributed by atoms with Crippen LogP contribution in [0.1, 0.15) is 22.6 Å². The van der Waals surface area contributed by atoms with Gasteiger partial charge < -0.3 is 4.90 Å². The molecule has 0 saturated heterocycles. The van der Waals surface area contributed by atoms with Gasteiger partial charge in [0.2, 0.25) is 0 Å². The Balaban J connectivity index is 1.84. The summed E-state index contributed by atoms with van der Waals surface area (Å²) in [5.74, 6) is 0.409. The second-order valence-corrected chi connectivity index (χ2v) is 5.75. The molecule has 1 aliphatic rings. The zero-order valence-corrected chi connectivity index (χ0v) is 12.0. The molecule has 0 bridgehead atoms. The molecule has 0 N–H and O–H groups in total. The van der Waals surface area contributed by atoms with Gasteiger partial charge in [-0.05, 0) is 35.9 Å². The molecule has 0 amide bonds. The Kier molecular flexibility index (Phi) is 2.93. The van der Waals surface area contributed by atoms with Crippen LogP contribution in [-0.2, 0) is 6.54 Å². The van der Waals surface area contributed by atoms with E-state index in [-0.39, 0.29) is 0 Å². The lowest BCUT2D eigenvalue weighted by molar-refractivity contribution is 0.295. The van der Waals surface area contributed by atoms with Crippen LogP contribution in [0.5, 0.6) is 0 Å². The molecule has 3 aromatic rings. The molecule has 0 aliphatic carbocycles. The molecule has 1 aliphatic heterocycles. The Hall–Kier alpha value is -2.26. The second-order valence-electron chi connectivity index (χ2n) is 5.75. The van der Waals surface area contributed by atoms with E-state index < -0.39 is 0 Å². The summed E-state index contributed by atoms with van der Waals surface area (Å²) < 4.78 is 0. The molecule has 2 heterocycles. The van der Waals surface area contributed by atoms with Crippen LogP contribution in [-0.4, -0.2) is 28.5 Å². The summed E-state index contributed by atoms with van der Waals surface area (Å²) in [5.41, 5.74) is 6.12. The van der Waals surface area contributed by atoms with Gasteiger partial charge in [0.05, 0.1) is 11.0 Å². The molecule has 1 aromatic heterocycles. The molecule has 3 nitrogen and oxygen atoms in total. The standard InChI is InChI=1S/C18H17N3/c1-21-11-14-4-2-3-5-15(14)16(12-21)13-6-7-17-18(10-13)20-9-8-19-17/h2-10,16H,11-12H2,1H3/t16-/m1/s1. The van der Waals surface area contributed by atoms with Crippen molar-refractivity contribution in [3.05, 3.63) is 71.5 Å². The first-order valence-corrected chi connectivity index (χ1v) is 7.28. The number of rotatable bonds is 1. The number of hydrogen-bond donors (Lipinski definition) is 0. The van der Waals surface area contributed by atoms with Gasteiger partial charge in [-0.2, -0.15) is 0 Å². The molecule has 0 unspecified atom stereocenters. The van der Waals surface area contributed by atoms with E-state index in [1.165, 1.54) is 16.7 Å². The largest absolute Gasteiger partial charge is 0.301 e. The van der Waals surface area contributed by atoms with Crippen LogP contribution in [0.4, 0.5) is 0 Å². The topological polar surface area (TPSA) is 29.0 Å². The van der Waals surface area contributed by atoms with Gasteiger partial charge in [-0.1, -0.05) is 30.3 Å². The lowest BCUT2D eigenvalue weighted by Crippen LogP contribution is -2.30. The molecule has 0 saturated carbocycles. The summed E-state index contributed by atoms with van der Waals surface area (Å²) in [7, 11) is 2.18.